The molecule has 0 atom stereocenters. The van der Waals surface area contributed by atoms with Gasteiger partial charge in [-0.15, -0.1) is 0 Å². The van der Waals surface area contributed by atoms with Crippen LogP contribution in [0, 0.1) is 0 Å². The summed E-state index contributed by atoms with van der Waals surface area (Å²) in [5, 5.41) is 7.74. The molecular formula is C21H25N7. The van der Waals surface area contributed by atoms with Gasteiger partial charge in [0.2, 0.25) is 0 Å². The predicted octanol–water partition coefficient (Wildman–Crippen LogP) is 2.16. The van der Waals surface area contributed by atoms with E-state index in [1.807, 2.05) is 42.3 Å². The van der Waals surface area contributed by atoms with Gasteiger partial charge in [-0.25, -0.2) is 9.67 Å². The highest BCUT2D eigenvalue weighted by atomic mass is 15.4. The summed E-state index contributed by atoms with van der Waals surface area (Å²) < 4.78 is 1.86. The lowest BCUT2D eigenvalue weighted by Crippen LogP contribution is -2.52. The molecule has 1 aromatic carbocycles. The first-order valence-electron chi connectivity index (χ1n) is 9.54. The van der Waals surface area contributed by atoms with Crippen molar-refractivity contribution in [3.63, 3.8) is 0 Å². The van der Waals surface area contributed by atoms with Crippen molar-refractivity contribution < 1.29 is 0 Å². The minimum Gasteiger partial charge on any atom is -0.353 e. The van der Waals surface area contributed by atoms with Crippen molar-refractivity contribution in [2.75, 3.05) is 38.1 Å². The summed E-state index contributed by atoms with van der Waals surface area (Å²) in [6.45, 7) is 4.47. The molecule has 7 nitrogen and oxygen atoms in total. The summed E-state index contributed by atoms with van der Waals surface area (Å²) in [6.07, 6.45) is 5.58. The van der Waals surface area contributed by atoms with E-state index in [4.69, 9.17) is 0 Å². The summed E-state index contributed by atoms with van der Waals surface area (Å²) in [6, 6.07) is 16.4. The molecule has 1 N–H and O–H groups in total. The largest absolute Gasteiger partial charge is 0.353 e. The molecule has 0 amide bonds. The minimum absolute atomic E-state index is 0.743. The molecule has 1 aliphatic heterocycles. The molecule has 1 fully saturated rings. The molecular weight excluding hydrogens is 350 g/mol. The molecule has 1 saturated heterocycles. The summed E-state index contributed by atoms with van der Waals surface area (Å²) in [5.74, 6) is 1.99. The van der Waals surface area contributed by atoms with Gasteiger partial charge in [0.25, 0.3) is 0 Å². The van der Waals surface area contributed by atoms with Crippen LogP contribution in [0.15, 0.2) is 72.1 Å². The molecule has 4 rings (SSSR count). The third kappa shape index (κ3) is 4.14. The molecule has 0 aliphatic carbocycles. The molecule has 3 aromatic rings. The van der Waals surface area contributed by atoms with Crippen molar-refractivity contribution in [3.8, 4) is 5.69 Å². The van der Waals surface area contributed by atoms with Gasteiger partial charge in [-0.05, 0) is 35.9 Å². The Kier molecular flexibility index (Phi) is 5.51. The standard InChI is InChI=1S/C21H25N7/c1-22-21(27-15-13-26(14-16-27)20-5-2-3-10-23-20)24-17-18-6-8-19(9-7-18)28-12-4-11-25-28/h2-12H,13-17H2,1H3,(H,22,24). The fourth-order valence-electron chi connectivity index (χ4n) is 3.39. The maximum Gasteiger partial charge on any atom is 0.194 e. The Bertz CT molecular complexity index is 880. The molecule has 2 aromatic heterocycles. The number of nitrogens with zero attached hydrogens (tertiary/aromatic N) is 6. The Labute approximate surface area is 165 Å². The number of benzene rings is 1. The minimum atomic E-state index is 0.743. The number of anilines is 1. The van der Waals surface area contributed by atoms with Crippen molar-refractivity contribution in [2.45, 2.75) is 6.54 Å². The van der Waals surface area contributed by atoms with Gasteiger partial charge in [-0.1, -0.05) is 18.2 Å². The second-order valence-corrected chi connectivity index (χ2v) is 6.68. The van der Waals surface area contributed by atoms with Gasteiger partial charge in [0.1, 0.15) is 5.82 Å². The smallest absolute Gasteiger partial charge is 0.194 e. The normalized spacial score (nSPS) is 15.0. The van der Waals surface area contributed by atoms with Gasteiger partial charge < -0.3 is 15.1 Å². The highest BCUT2D eigenvalue weighted by Crippen LogP contribution is 2.13. The zero-order valence-corrected chi connectivity index (χ0v) is 16.1. The number of aliphatic imine (C=N–C) groups is 1. The lowest BCUT2D eigenvalue weighted by Gasteiger charge is -2.37. The second-order valence-electron chi connectivity index (χ2n) is 6.68. The van der Waals surface area contributed by atoms with E-state index < -0.39 is 0 Å². The average Bonchev–Trinajstić information content (AvgIpc) is 3.31. The second kappa shape index (κ2) is 8.56. The van der Waals surface area contributed by atoms with Crippen molar-refractivity contribution >= 4 is 11.8 Å². The van der Waals surface area contributed by atoms with E-state index in [1.54, 1.807) is 6.20 Å². The number of aromatic nitrogens is 3. The zero-order valence-electron chi connectivity index (χ0n) is 16.1. The van der Waals surface area contributed by atoms with Gasteiger partial charge in [0.05, 0.1) is 5.69 Å². The predicted molar refractivity (Wildman–Crippen MR) is 112 cm³/mol. The van der Waals surface area contributed by atoms with E-state index in [1.165, 1.54) is 5.56 Å². The van der Waals surface area contributed by atoms with Crippen LogP contribution in [-0.2, 0) is 6.54 Å². The monoisotopic (exact) mass is 375 g/mol. The van der Waals surface area contributed by atoms with Crippen LogP contribution in [0.3, 0.4) is 0 Å². The fourth-order valence-corrected chi connectivity index (χ4v) is 3.39. The number of rotatable bonds is 4. The number of hydrogen-bond donors (Lipinski definition) is 1. The van der Waals surface area contributed by atoms with E-state index in [0.29, 0.717) is 0 Å². The summed E-state index contributed by atoms with van der Waals surface area (Å²) >= 11 is 0. The van der Waals surface area contributed by atoms with Crippen LogP contribution in [0.2, 0.25) is 0 Å². The van der Waals surface area contributed by atoms with E-state index in [2.05, 4.69) is 60.5 Å². The van der Waals surface area contributed by atoms with Crippen LogP contribution < -0.4 is 10.2 Å². The molecule has 1 aliphatic rings. The number of pyridine rings is 1. The third-order valence-corrected chi connectivity index (χ3v) is 4.92. The van der Waals surface area contributed by atoms with Crippen molar-refractivity contribution in [3.05, 3.63) is 72.7 Å². The third-order valence-electron chi connectivity index (χ3n) is 4.92. The Morgan fingerprint density at radius 2 is 1.82 bits per heavy atom. The Morgan fingerprint density at radius 1 is 1.00 bits per heavy atom. The summed E-state index contributed by atoms with van der Waals surface area (Å²) in [4.78, 5) is 13.5. The van der Waals surface area contributed by atoms with E-state index >= 15 is 0 Å². The highest BCUT2D eigenvalue weighted by Gasteiger charge is 2.20. The van der Waals surface area contributed by atoms with Crippen LogP contribution in [0.5, 0.6) is 0 Å². The molecule has 144 valence electrons. The van der Waals surface area contributed by atoms with Crippen LogP contribution in [0.4, 0.5) is 5.82 Å². The quantitative estimate of drug-likeness (QED) is 0.559. The van der Waals surface area contributed by atoms with Crippen molar-refractivity contribution in [1.29, 1.82) is 0 Å². The molecule has 3 heterocycles. The van der Waals surface area contributed by atoms with Gasteiger partial charge >= 0.3 is 0 Å². The maximum absolute atomic E-state index is 4.47. The summed E-state index contributed by atoms with van der Waals surface area (Å²) in [7, 11) is 1.84. The average molecular weight is 375 g/mol. The highest BCUT2D eigenvalue weighted by molar-refractivity contribution is 5.80. The van der Waals surface area contributed by atoms with Crippen molar-refractivity contribution in [1.82, 2.24) is 25.0 Å². The van der Waals surface area contributed by atoms with Gasteiger partial charge in [0, 0.05) is 58.4 Å². The topological polar surface area (TPSA) is 61.6 Å². The van der Waals surface area contributed by atoms with E-state index in [-0.39, 0.29) is 0 Å². The first-order valence-corrected chi connectivity index (χ1v) is 9.54. The van der Waals surface area contributed by atoms with Crippen LogP contribution in [-0.4, -0.2) is 58.9 Å². The van der Waals surface area contributed by atoms with Crippen LogP contribution in [0.25, 0.3) is 5.69 Å². The number of guanidine groups is 1. The Hall–Kier alpha value is -3.35. The van der Waals surface area contributed by atoms with Gasteiger partial charge in [-0.3, -0.25) is 4.99 Å². The Balaban J connectivity index is 1.30. The molecule has 0 bridgehead atoms. The van der Waals surface area contributed by atoms with Gasteiger partial charge in [-0.2, -0.15) is 5.10 Å². The zero-order chi connectivity index (χ0) is 19.2. The number of piperazine rings is 1. The molecule has 0 saturated carbocycles. The van der Waals surface area contributed by atoms with Crippen molar-refractivity contribution in [2.24, 2.45) is 4.99 Å². The molecule has 0 spiro atoms. The van der Waals surface area contributed by atoms with E-state index in [9.17, 15) is 0 Å². The molecule has 0 unspecified atom stereocenters. The lowest BCUT2D eigenvalue weighted by atomic mass is 10.2. The first kappa shape index (κ1) is 18.0. The molecule has 28 heavy (non-hydrogen) atoms. The lowest BCUT2D eigenvalue weighted by molar-refractivity contribution is 0.371. The maximum atomic E-state index is 4.47. The summed E-state index contributed by atoms with van der Waals surface area (Å²) in [5.41, 5.74) is 2.27. The van der Waals surface area contributed by atoms with Crippen LogP contribution in [0.1, 0.15) is 5.56 Å². The Morgan fingerprint density at radius 3 is 2.46 bits per heavy atom. The molecule has 7 heteroatoms. The van der Waals surface area contributed by atoms with Gasteiger partial charge in [0.15, 0.2) is 5.96 Å². The molecule has 0 radical (unpaired) electrons. The SMILES string of the molecule is CN=C(NCc1ccc(-n2cccn2)cc1)N1CCN(c2ccccn2)CC1. The number of nitrogens with one attached hydrogen (secondary N) is 1. The van der Waals surface area contributed by atoms with E-state index in [0.717, 1.165) is 50.2 Å². The number of hydrogen-bond acceptors (Lipinski definition) is 4. The fraction of sp³-hybridized carbons (Fsp3) is 0.286. The van der Waals surface area contributed by atoms with Crippen LogP contribution >= 0.6 is 0 Å². The first-order chi connectivity index (χ1) is 13.8.